The highest BCUT2D eigenvalue weighted by molar-refractivity contribution is 6.31. The van der Waals surface area contributed by atoms with Gasteiger partial charge >= 0.3 is 5.69 Å². The van der Waals surface area contributed by atoms with Crippen LogP contribution < -0.4 is 15.3 Å². The van der Waals surface area contributed by atoms with Crippen molar-refractivity contribution in [3.05, 3.63) is 75.4 Å². The third kappa shape index (κ3) is 4.52. The third-order valence-electron chi connectivity index (χ3n) is 5.57. The average molecular weight is 428 g/mol. The predicted molar refractivity (Wildman–Crippen MR) is 119 cm³/mol. The summed E-state index contributed by atoms with van der Waals surface area (Å²) in [7, 11) is 1.71. The maximum Gasteiger partial charge on any atom is 0.343 e. The summed E-state index contributed by atoms with van der Waals surface area (Å²) in [5.74, 6) is 1.66. The van der Waals surface area contributed by atoms with E-state index < -0.39 is 0 Å². The fraction of sp³-hybridized carbons (Fsp3) is 0.364. The van der Waals surface area contributed by atoms with Gasteiger partial charge in [-0.05, 0) is 23.8 Å². The highest BCUT2D eigenvalue weighted by atomic mass is 35.5. The Labute approximate surface area is 180 Å². The fourth-order valence-electron chi connectivity index (χ4n) is 3.86. The van der Waals surface area contributed by atoms with Crippen LogP contribution in [0.1, 0.15) is 11.4 Å². The average Bonchev–Trinajstić information content (AvgIpc) is 3.13. The van der Waals surface area contributed by atoms with Crippen LogP contribution >= 0.6 is 11.6 Å². The number of hydrogen-bond acceptors (Lipinski definition) is 5. The van der Waals surface area contributed by atoms with Gasteiger partial charge in [0.05, 0.1) is 19.3 Å². The number of aromatic nitrogens is 3. The van der Waals surface area contributed by atoms with Gasteiger partial charge in [-0.25, -0.2) is 9.89 Å². The summed E-state index contributed by atoms with van der Waals surface area (Å²) in [6.45, 7) is 5.06. The highest BCUT2D eigenvalue weighted by Crippen LogP contribution is 2.28. The summed E-state index contributed by atoms with van der Waals surface area (Å²) in [6, 6.07) is 15.7. The topological polar surface area (TPSA) is 66.4 Å². The van der Waals surface area contributed by atoms with Crippen molar-refractivity contribution in [2.75, 3.05) is 44.7 Å². The van der Waals surface area contributed by atoms with Gasteiger partial charge in [-0.3, -0.25) is 9.47 Å². The number of benzene rings is 2. The lowest BCUT2D eigenvalue weighted by molar-refractivity contribution is 0.257. The Hall–Kier alpha value is -2.77. The Morgan fingerprint density at radius 2 is 1.80 bits per heavy atom. The maximum absolute atomic E-state index is 12.2. The van der Waals surface area contributed by atoms with Gasteiger partial charge in [0, 0.05) is 44.2 Å². The van der Waals surface area contributed by atoms with Gasteiger partial charge in [0.15, 0.2) is 0 Å². The van der Waals surface area contributed by atoms with Crippen LogP contribution in [-0.4, -0.2) is 59.5 Å². The van der Waals surface area contributed by atoms with Crippen LogP contribution in [0.5, 0.6) is 5.75 Å². The molecule has 3 aromatic rings. The number of halogens is 1. The molecule has 4 rings (SSSR count). The Morgan fingerprint density at radius 3 is 2.57 bits per heavy atom. The number of nitrogens with zero attached hydrogens (tertiary/aromatic N) is 4. The van der Waals surface area contributed by atoms with Gasteiger partial charge < -0.3 is 9.64 Å². The van der Waals surface area contributed by atoms with E-state index in [4.69, 9.17) is 16.3 Å². The minimum Gasteiger partial charge on any atom is -0.495 e. The SMILES string of the molecule is COc1ccccc1N1CCN(CCc2n[nH]c(=O)n2Cc2ccccc2Cl)CC1. The molecule has 0 aliphatic carbocycles. The number of nitrogens with one attached hydrogen (secondary N) is 1. The van der Waals surface area contributed by atoms with E-state index in [1.54, 1.807) is 11.7 Å². The zero-order valence-electron chi connectivity index (χ0n) is 17.1. The zero-order valence-corrected chi connectivity index (χ0v) is 17.8. The third-order valence-corrected chi connectivity index (χ3v) is 5.94. The van der Waals surface area contributed by atoms with Crippen molar-refractivity contribution in [2.24, 2.45) is 0 Å². The van der Waals surface area contributed by atoms with E-state index in [0.717, 1.165) is 55.5 Å². The van der Waals surface area contributed by atoms with Crippen molar-refractivity contribution in [2.45, 2.75) is 13.0 Å². The summed E-state index contributed by atoms with van der Waals surface area (Å²) in [6.07, 6.45) is 0.706. The molecule has 0 bridgehead atoms. The molecule has 1 aromatic heterocycles. The number of para-hydroxylation sites is 2. The van der Waals surface area contributed by atoms with Crippen LogP contribution in [0, 0.1) is 0 Å². The number of piperazine rings is 1. The number of anilines is 1. The van der Waals surface area contributed by atoms with E-state index in [1.165, 1.54) is 0 Å². The lowest BCUT2D eigenvalue weighted by atomic mass is 10.2. The molecule has 0 atom stereocenters. The van der Waals surface area contributed by atoms with Crippen molar-refractivity contribution >= 4 is 17.3 Å². The molecule has 30 heavy (non-hydrogen) atoms. The molecule has 1 saturated heterocycles. The van der Waals surface area contributed by atoms with Crippen molar-refractivity contribution < 1.29 is 4.74 Å². The van der Waals surface area contributed by atoms with E-state index in [2.05, 4.69) is 26.1 Å². The number of rotatable bonds is 7. The second-order valence-electron chi connectivity index (χ2n) is 7.37. The largest absolute Gasteiger partial charge is 0.495 e. The molecule has 2 heterocycles. The first-order valence-electron chi connectivity index (χ1n) is 10.1. The quantitative estimate of drug-likeness (QED) is 0.628. The number of ether oxygens (including phenoxy) is 1. The Kier molecular flexibility index (Phi) is 6.40. The van der Waals surface area contributed by atoms with Gasteiger partial charge in [0.2, 0.25) is 0 Å². The van der Waals surface area contributed by atoms with E-state index >= 15 is 0 Å². The molecule has 0 spiro atoms. The second kappa shape index (κ2) is 9.36. The van der Waals surface area contributed by atoms with E-state index in [-0.39, 0.29) is 5.69 Å². The smallest absolute Gasteiger partial charge is 0.343 e. The molecule has 2 aromatic carbocycles. The minimum atomic E-state index is -0.203. The summed E-state index contributed by atoms with van der Waals surface area (Å²) < 4.78 is 7.17. The van der Waals surface area contributed by atoms with Crippen molar-refractivity contribution in [3.8, 4) is 5.75 Å². The van der Waals surface area contributed by atoms with Crippen LogP contribution in [0.15, 0.2) is 53.3 Å². The Balaban J connectivity index is 1.35. The number of aromatic amines is 1. The molecule has 0 amide bonds. The van der Waals surface area contributed by atoms with Crippen LogP contribution in [0.3, 0.4) is 0 Å². The van der Waals surface area contributed by atoms with Gasteiger partial charge in [-0.2, -0.15) is 5.10 Å². The summed E-state index contributed by atoms with van der Waals surface area (Å²) in [5.41, 5.74) is 1.85. The standard InChI is InChI=1S/C22H26ClN5O2/c1-30-20-9-5-4-8-19(20)27-14-12-26(13-15-27)11-10-21-24-25-22(29)28(21)16-17-6-2-3-7-18(17)23/h2-9H,10-16H2,1H3,(H,25,29). The van der Waals surface area contributed by atoms with Gasteiger partial charge in [0.25, 0.3) is 0 Å². The molecule has 158 valence electrons. The summed E-state index contributed by atoms with van der Waals surface area (Å²) in [5, 5.41) is 7.48. The number of methoxy groups -OCH3 is 1. The van der Waals surface area contributed by atoms with Gasteiger partial charge in [-0.15, -0.1) is 0 Å². The first kappa shape index (κ1) is 20.5. The molecule has 0 radical (unpaired) electrons. The molecule has 1 aliphatic heterocycles. The monoisotopic (exact) mass is 427 g/mol. The van der Waals surface area contributed by atoms with Crippen LogP contribution in [0.2, 0.25) is 5.02 Å². The lowest BCUT2D eigenvalue weighted by Crippen LogP contribution is -2.47. The van der Waals surface area contributed by atoms with Gasteiger partial charge in [0.1, 0.15) is 11.6 Å². The first-order valence-corrected chi connectivity index (χ1v) is 10.5. The lowest BCUT2D eigenvalue weighted by Gasteiger charge is -2.36. The molecule has 1 aliphatic rings. The molecule has 1 N–H and O–H groups in total. The predicted octanol–water partition coefficient (Wildman–Crippen LogP) is 2.65. The highest BCUT2D eigenvalue weighted by Gasteiger charge is 2.20. The van der Waals surface area contributed by atoms with E-state index in [0.29, 0.717) is 18.0 Å². The maximum atomic E-state index is 12.2. The zero-order chi connectivity index (χ0) is 20.9. The summed E-state index contributed by atoms with van der Waals surface area (Å²) >= 11 is 6.26. The Bertz CT molecular complexity index is 1040. The second-order valence-corrected chi connectivity index (χ2v) is 7.78. The molecule has 7 nitrogen and oxygen atoms in total. The fourth-order valence-corrected chi connectivity index (χ4v) is 4.06. The van der Waals surface area contributed by atoms with Crippen LogP contribution in [0.25, 0.3) is 0 Å². The molecule has 1 fully saturated rings. The molecular weight excluding hydrogens is 402 g/mol. The van der Waals surface area contributed by atoms with Crippen LogP contribution in [0.4, 0.5) is 5.69 Å². The Morgan fingerprint density at radius 1 is 1.07 bits per heavy atom. The number of hydrogen-bond donors (Lipinski definition) is 1. The first-order chi connectivity index (χ1) is 14.7. The van der Waals surface area contributed by atoms with Crippen LogP contribution in [-0.2, 0) is 13.0 Å². The minimum absolute atomic E-state index is 0.203. The molecular formula is C22H26ClN5O2. The van der Waals surface area contributed by atoms with Gasteiger partial charge in [-0.1, -0.05) is 41.9 Å². The molecule has 0 unspecified atom stereocenters. The molecule has 0 saturated carbocycles. The normalized spacial score (nSPS) is 14.8. The molecule has 8 heteroatoms. The van der Waals surface area contributed by atoms with E-state index in [9.17, 15) is 4.79 Å². The van der Waals surface area contributed by atoms with Crippen molar-refractivity contribution in [3.63, 3.8) is 0 Å². The summed E-state index contributed by atoms with van der Waals surface area (Å²) in [4.78, 5) is 17.0. The van der Waals surface area contributed by atoms with E-state index in [1.807, 2.05) is 42.5 Å². The van der Waals surface area contributed by atoms with Crippen molar-refractivity contribution in [1.82, 2.24) is 19.7 Å². The van der Waals surface area contributed by atoms with Crippen molar-refractivity contribution in [1.29, 1.82) is 0 Å². The number of H-pyrrole nitrogens is 1.